The van der Waals surface area contributed by atoms with E-state index in [-0.39, 0.29) is 11.6 Å². The van der Waals surface area contributed by atoms with Gasteiger partial charge >= 0.3 is 0 Å². The fraction of sp³-hybridized carbons (Fsp3) is 0.111. The van der Waals surface area contributed by atoms with Gasteiger partial charge in [-0.3, -0.25) is 9.59 Å². The minimum absolute atomic E-state index is 0.0579. The van der Waals surface area contributed by atoms with Crippen molar-refractivity contribution in [3.63, 3.8) is 0 Å². The van der Waals surface area contributed by atoms with Gasteiger partial charge in [0.2, 0.25) is 0 Å². The van der Waals surface area contributed by atoms with Crippen molar-refractivity contribution in [1.82, 2.24) is 5.32 Å². The Bertz CT molecular complexity index is 618. The van der Waals surface area contributed by atoms with Gasteiger partial charge in [0, 0.05) is 36.4 Å². The minimum Gasteiger partial charge on any atom is -0.390 e. The van der Waals surface area contributed by atoms with E-state index in [9.17, 15) is 9.59 Å². The van der Waals surface area contributed by atoms with Gasteiger partial charge in [-0.1, -0.05) is 60.7 Å². The topological polar surface area (TPSA) is 46.2 Å². The molecule has 0 aliphatic rings. The zero-order valence-electron chi connectivity index (χ0n) is 11.7. The van der Waals surface area contributed by atoms with Gasteiger partial charge in [-0.2, -0.15) is 0 Å². The molecule has 0 fully saturated rings. The molecule has 0 atom stereocenters. The lowest BCUT2D eigenvalue weighted by Gasteiger charge is -2.01. The molecule has 21 heavy (non-hydrogen) atoms. The molecule has 0 radical (unpaired) electrons. The first-order chi connectivity index (χ1) is 10.3. The highest BCUT2D eigenvalue weighted by molar-refractivity contribution is 6.04. The first-order valence-electron chi connectivity index (χ1n) is 6.85. The molecule has 0 aliphatic carbocycles. The van der Waals surface area contributed by atoms with E-state index in [0.29, 0.717) is 24.1 Å². The van der Waals surface area contributed by atoms with Crippen LogP contribution in [0.4, 0.5) is 0 Å². The second-order valence-electron chi connectivity index (χ2n) is 4.56. The molecule has 0 saturated carbocycles. The lowest BCUT2D eigenvalue weighted by atomic mass is 10.1. The number of rotatable bonds is 7. The lowest BCUT2D eigenvalue weighted by molar-refractivity contribution is 0.0983. The number of Topliss-reactive ketones (excluding diaryl/α,β-unsaturated/α-hetero) is 1. The van der Waals surface area contributed by atoms with Crippen LogP contribution in [0.25, 0.3) is 0 Å². The Hall–Kier alpha value is -2.68. The third-order valence-electron chi connectivity index (χ3n) is 3.00. The smallest absolute Gasteiger partial charge is 0.187 e. The van der Waals surface area contributed by atoms with Gasteiger partial charge in [-0.25, -0.2) is 0 Å². The second kappa shape index (κ2) is 7.80. The number of carbonyl (C=O) groups excluding carboxylic acids is 2. The highest BCUT2D eigenvalue weighted by Crippen LogP contribution is 2.02. The van der Waals surface area contributed by atoms with Gasteiger partial charge < -0.3 is 5.32 Å². The average molecular weight is 279 g/mol. The van der Waals surface area contributed by atoms with Crippen LogP contribution < -0.4 is 5.32 Å². The molecule has 0 saturated heterocycles. The molecule has 1 N–H and O–H groups in total. The predicted molar refractivity (Wildman–Crippen MR) is 83.3 cm³/mol. The first kappa shape index (κ1) is 14.7. The lowest BCUT2D eigenvalue weighted by Crippen LogP contribution is -2.13. The Morgan fingerprint density at radius 2 is 1.43 bits per heavy atom. The van der Waals surface area contributed by atoms with E-state index >= 15 is 0 Å². The molecule has 106 valence electrons. The molecule has 3 heteroatoms. The number of allylic oxidation sites excluding steroid dienone is 1. The SMILES string of the molecule is O=C(C=CNCCC(=O)c1ccccc1)c1ccccc1. The summed E-state index contributed by atoms with van der Waals surface area (Å²) in [6.45, 7) is 0.506. The third-order valence-corrected chi connectivity index (χ3v) is 3.00. The van der Waals surface area contributed by atoms with E-state index in [1.165, 1.54) is 6.08 Å². The Balaban J connectivity index is 1.74. The molecule has 0 aliphatic heterocycles. The zero-order chi connectivity index (χ0) is 14.9. The molecule has 0 unspecified atom stereocenters. The molecule has 0 amide bonds. The summed E-state index contributed by atoms with van der Waals surface area (Å²) in [4.78, 5) is 23.6. The van der Waals surface area contributed by atoms with E-state index in [0.717, 1.165) is 0 Å². The van der Waals surface area contributed by atoms with Crippen molar-refractivity contribution in [1.29, 1.82) is 0 Å². The minimum atomic E-state index is -0.0579. The Kier molecular flexibility index (Phi) is 5.47. The van der Waals surface area contributed by atoms with Gasteiger partial charge in [0.15, 0.2) is 11.6 Å². The monoisotopic (exact) mass is 279 g/mol. The number of carbonyl (C=O) groups is 2. The summed E-state index contributed by atoms with van der Waals surface area (Å²) < 4.78 is 0. The van der Waals surface area contributed by atoms with Crippen LogP contribution >= 0.6 is 0 Å². The van der Waals surface area contributed by atoms with Crippen molar-refractivity contribution in [2.45, 2.75) is 6.42 Å². The van der Waals surface area contributed by atoms with E-state index in [4.69, 9.17) is 0 Å². The number of ketones is 2. The van der Waals surface area contributed by atoms with Crippen LogP contribution in [0.2, 0.25) is 0 Å². The summed E-state index contributed by atoms with van der Waals surface area (Å²) in [5.74, 6) is 0.0309. The fourth-order valence-electron chi connectivity index (χ4n) is 1.87. The molecule has 2 aromatic carbocycles. The quantitative estimate of drug-likeness (QED) is 0.481. The van der Waals surface area contributed by atoms with Crippen molar-refractivity contribution in [3.05, 3.63) is 84.1 Å². The van der Waals surface area contributed by atoms with Gasteiger partial charge in [0.1, 0.15) is 0 Å². The molecular weight excluding hydrogens is 262 g/mol. The van der Waals surface area contributed by atoms with Crippen LogP contribution in [0.5, 0.6) is 0 Å². The van der Waals surface area contributed by atoms with Crippen LogP contribution in [0, 0.1) is 0 Å². The van der Waals surface area contributed by atoms with Crippen molar-refractivity contribution in [2.24, 2.45) is 0 Å². The van der Waals surface area contributed by atoms with Crippen molar-refractivity contribution < 1.29 is 9.59 Å². The third kappa shape index (κ3) is 4.73. The van der Waals surface area contributed by atoms with Crippen LogP contribution in [0.1, 0.15) is 27.1 Å². The Labute approximate surface area is 124 Å². The van der Waals surface area contributed by atoms with Gasteiger partial charge in [0.05, 0.1) is 0 Å². The van der Waals surface area contributed by atoms with Gasteiger partial charge in [-0.15, -0.1) is 0 Å². The van der Waals surface area contributed by atoms with Crippen LogP contribution in [-0.2, 0) is 0 Å². The standard InChI is InChI=1S/C18H17NO2/c20-17(15-7-3-1-4-8-15)11-13-19-14-12-18(21)16-9-5-2-6-10-16/h1-11,13,19H,12,14H2. The maximum Gasteiger partial charge on any atom is 0.187 e. The van der Waals surface area contributed by atoms with Crippen molar-refractivity contribution in [2.75, 3.05) is 6.54 Å². The van der Waals surface area contributed by atoms with Crippen LogP contribution in [0.15, 0.2) is 72.9 Å². The largest absolute Gasteiger partial charge is 0.390 e. The molecular formula is C18H17NO2. The van der Waals surface area contributed by atoms with Gasteiger partial charge in [-0.05, 0) is 0 Å². The van der Waals surface area contributed by atoms with E-state index < -0.39 is 0 Å². The summed E-state index contributed by atoms with van der Waals surface area (Å²) in [6.07, 6.45) is 3.46. The van der Waals surface area contributed by atoms with Crippen LogP contribution in [0.3, 0.4) is 0 Å². The normalized spacial score (nSPS) is 10.5. The molecule has 0 spiro atoms. The first-order valence-corrected chi connectivity index (χ1v) is 6.85. The number of hydrogen-bond donors (Lipinski definition) is 1. The summed E-state index contributed by atoms with van der Waals surface area (Å²) in [7, 11) is 0. The molecule has 0 heterocycles. The Morgan fingerprint density at radius 1 is 0.857 bits per heavy atom. The van der Waals surface area contributed by atoms with E-state index in [1.54, 1.807) is 30.5 Å². The number of benzene rings is 2. The molecule has 0 aromatic heterocycles. The fourth-order valence-corrected chi connectivity index (χ4v) is 1.87. The van der Waals surface area contributed by atoms with Crippen LogP contribution in [-0.4, -0.2) is 18.1 Å². The highest BCUT2D eigenvalue weighted by Gasteiger charge is 2.03. The number of hydrogen-bond acceptors (Lipinski definition) is 3. The van der Waals surface area contributed by atoms with E-state index in [2.05, 4.69) is 5.32 Å². The Morgan fingerprint density at radius 3 is 2.05 bits per heavy atom. The van der Waals surface area contributed by atoms with E-state index in [1.807, 2.05) is 36.4 Å². The highest BCUT2D eigenvalue weighted by atomic mass is 16.1. The maximum absolute atomic E-state index is 11.8. The average Bonchev–Trinajstić information content (AvgIpc) is 2.55. The van der Waals surface area contributed by atoms with Gasteiger partial charge in [0.25, 0.3) is 0 Å². The van der Waals surface area contributed by atoms with Crippen molar-refractivity contribution in [3.8, 4) is 0 Å². The summed E-state index contributed by atoms with van der Waals surface area (Å²) >= 11 is 0. The molecule has 2 aromatic rings. The molecule has 2 rings (SSSR count). The second-order valence-corrected chi connectivity index (χ2v) is 4.56. The summed E-state index contributed by atoms with van der Waals surface area (Å²) in [5.41, 5.74) is 1.36. The maximum atomic E-state index is 11.8. The predicted octanol–water partition coefficient (Wildman–Crippen LogP) is 3.25. The molecule has 3 nitrogen and oxygen atoms in total. The number of nitrogens with one attached hydrogen (secondary N) is 1. The summed E-state index contributed by atoms with van der Waals surface area (Å²) in [6, 6.07) is 18.2. The van der Waals surface area contributed by atoms with Crippen molar-refractivity contribution >= 4 is 11.6 Å². The molecule has 0 bridgehead atoms. The zero-order valence-corrected chi connectivity index (χ0v) is 11.7. The summed E-state index contributed by atoms with van der Waals surface area (Å²) in [5, 5.41) is 2.96.